The molecule has 1 fully saturated rings. The van der Waals surface area contributed by atoms with Crippen molar-refractivity contribution in [1.29, 1.82) is 0 Å². The van der Waals surface area contributed by atoms with Crippen molar-refractivity contribution in [1.82, 2.24) is 26.1 Å². The van der Waals surface area contributed by atoms with E-state index in [0.717, 1.165) is 24.2 Å². The van der Waals surface area contributed by atoms with E-state index in [2.05, 4.69) is 69.4 Å². The van der Waals surface area contributed by atoms with Gasteiger partial charge in [-0.15, -0.1) is 0 Å². The lowest BCUT2D eigenvalue weighted by Crippen LogP contribution is -2.54. The number of hydrogen-bond acceptors (Lipinski definition) is 8. The third kappa shape index (κ3) is 5.22. The van der Waals surface area contributed by atoms with E-state index in [0.29, 0.717) is 30.9 Å². The maximum atomic E-state index is 12.5. The molecule has 3 aliphatic rings. The highest BCUT2D eigenvalue weighted by Crippen LogP contribution is 2.35. The molecule has 0 spiro atoms. The lowest BCUT2D eigenvalue weighted by Gasteiger charge is -2.37. The molecular weight excluding hydrogens is 468 g/mol. The number of hydrazine groups is 1. The zero-order valence-electron chi connectivity index (χ0n) is 22.0. The topological polar surface area (TPSA) is 90.5 Å². The van der Waals surface area contributed by atoms with E-state index in [1.807, 2.05) is 24.4 Å². The molecule has 1 amide bonds. The summed E-state index contributed by atoms with van der Waals surface area (Å²) < 4.78 is 10.6. The zero-order valence-corrected chi connectivity index (χ0v) is 22.0. The van der Waals surface area contributed by atoms with E-state index < -0.39 is 0 Å². The molecule has 37 heavy (non-hydrogen) atoms. The number of rotatable bonds is 9. The largest absolute Gasteiger partial charge is 0.493 e. The number of amidine groups is 1. The summed E-state index contributed by atoms with van der Waals surface area (Å²) in [5.74, 6) is 2.30. The number of carbonyl (C=O) groups excluding carboxylic acids is 1. The fraction of sp³-hybridized carbons (Fsp3) is 0.429. The molecule has 0 aliphatic carbocycles. The summed E-state index contributed by atoms with van der Waals surface area (Å²) in [4.78, 5) is 14.7. The van der Waals surface area contributed by atoms with Crippen molar-refractivity contribution in [3.8, 4) is 11.5 Å². The van der Waals surface area contributed by atoms with Crippen LogP contribution in [-0.2, 0) is 11.2 Å². The molecule has 3 heterocycles. The van der Waals surface area contributed by atoms with E-state index in [4.69, 9.17) is 9.47 Å². The van der Waals surface area contributed by atoms with Gasteiger partial charge in [-0.25, -0.2) is 5.43 Å². The highest BCUT2D eigenvalue weighted by atomic mass is 16.5. The smallest absolute Gasteiger partial charge is 0.220 e. The van der Waals surface area contributed by atoms with E-state index in [9.17, 15) is 4.79 Å². The summed E-state index contributed by atoms with van der Waals surface area (Å²) in [6.45, 7) is 4.87. The van der Waals surface area contributed by atoms with Crippen molar-refractivity contribution in [2.24, 2.45) is 5.10 Å². The molecule has 3 atom stereocenters. The van der Waals surface area contributed by atoms with Crippen molar-refractivity contribution < 1.29 is 14.3 Å². The Bertz CT molecular complexity index is 1210. The predicted molar refractivity (Wildman–Crippen MR) is 143 cm³/mol. The van der Waals surface area contributed by atoms with Crippen molar-refractivity contribution in [2.45, 2.75) is 57.8 Å². The number of nitrogens with one attached hydrogen (secondary N) is 3. The van der Waals surface area contributed by atoms with Gasteiger partial charge in [-0.2, -0.15) is 5.10 Å². The van der Waals surface area contributed by atoms with Crippen LogP contribution in [0.2, 0.25) is 0 Å². The minimum Gasteiger partial charge on any atom is -0.493 e. The Balaban J connectivity index is 1.10. The summed E-state index contributed by atoms with van der Waals surface area (Å²) in [7, 11) is 3.24. The first-order chi connectivity index (χ1) is 18.0. The molecule has 0 radical (unpaired) electrons. The maximum Gasteiger partial charge on any atom is 0.220 e. The van der Waals surface area contributed by atoms with Crippen LogP contribution in [0.4, 0.5) is 0 Å². The third-order valence-electron chi connectivity index (χ3n) is 7.51. The van der Waals surface area contributed by atoms with Gasteiger partial charge in [0, 0.05) is 31.8 Å². The lowest BCUT2D eigenvalue weighted by atomic mass is 9.97. The SMILES string of the molecule is COc1ccc(CCNC(=O)CCC2=NNC3C4CC(c5ccc(C)c(C)c5)NN4C=CN23)cc1OC. The van der Waals surface area contributed by atoms with E-state index in [1.54, 1.807) is 14.2 Å². The van der Waals surface area contributed by atoms with E-state index >= 15 is 0 Å². The molecule has 9 nitrogen and oxygen atoms in total. The maximum absolute atomic E-state index is 12.5. The summed E-state index contributed by atoms with van der Waals surface area (Å²) in [6, 6.07) is 13.0. The van der Waals surface area contributed by atoms with Crippen LogP contribution >= 0.6 is 0 Å². The standard InChI is InChI=1S/C28H36N6O3/c1-18-5-7-21(15-19(18)2)22-17-23-28-31-30-26(33(28)13-14-34(23)32-22)9-10-27(35)29-12-11-20-6-8-24(36-3)25(16-20)37-4/h5-8,13-16,22-23,28,31-32H,9-12,17H2,1-4H3,(H,29,35). The van der Waals surface area contributed by atoms with Gasteiger partial charge in [0.15, 0.2) is 11.5 Å². The fourth-order valence-electron chi connectivity index (χ4n) is 5.21. The molecule has 3 unspecified atom stereocenters. The number of aryl methyl sites for hydroxylation is 2. The average molecular weight is 505 g/mol. The Morgan fingerprint density at radius 2 is 1.89 bits per heavy atom. The molecule has 2 aromatic carbocycles. The van der Waals surface area contributed by atoms with Gasteiger partial charge < -0.3 is 24.7 Å². The van der Waals surface area contributed by atoms with Crippen molar-refractivity contribution >= 4 is 11.7 Å². The normalized spacial score (nSPS) is 21.7. The van der Waals surface area contributed by atoms with Crippen LogP contribution in [0.5, 0.6) is 11.5 Å². The lowest BCUT2D eigenvalue weighted by molar-refractivity contribution is -0.120. The van der Waals surface area contributed by atoms with Crippen LogP contribution in [0.3, 0.4) is 0 Å². The molecule has 1 saturated heterocycles. The van der Waals surface area contributed by atoms with Gasteiger partial charge in [0.25, 0.3) is 0 Å². The Labute approximate surface area is 218 Å². The number of hydrogen-bond donors (Lipinski definition) is 3. The summed E-state index contributed by atoms with van der Waals surface area (Å²) in [6.07, 6.45) is 6.84. The molecule has 0 bridgehead atoms. The van der Waals surface area contributed by atoms with Crippen LogP contribution in [0.1, 0.15) is 47.6 Å². The number of amides is 1. The van der Waals surface area contributed by atoms with Crippen LogP contribution in [0.15, 0.2) is 53.9 Å². The minimum absolute atomic E-state index is 0.0200. The molecule has 0 saturated carbocycles. The van der Waals surface area contributed by atoms with E-state index in [1.165, 1.54) is 16.7 Å². The summed E-state index contributed by atoms with van der Waals surface area (Å²) >= 11 is 0. The van der Waals surface area contributed by atoms with Crippen LogP contribution < -0.4 is 25.6 Å². The molecule has 3 aliphatic heterocycles. The van der Waals surface area contributed by atoms with Gasteiger partial charge in [0.1, 0.15) is 12.0 Å². The number of methoxy groups -OCH3 is 2. The van der Waals surface area contributed by atoms with Gasteiger partial charge >= 0.3 is 0 Å². The summed E-state index contributed by atoms with van der Waals surface area (Å²) in [5.41, 5.74) is 12.0. The monoisotopic (exact) mass is 504 g/mol. The van der Waals surface area contributed by atoms with Crippen LogP contribution in [-0.4, -0.2) is 54.6 Å². The molecule has 196 valence electrons. The molecule has 9 heteroatoms. The van der Waals surface area contributed by atoms with Gasteiger partial charge in [-0.3, -0.25) is 10.2 Å². The first-order valence-electron chi connectivity index (χ1n) is 12.8. The average Bonchev–Trinajstić information content (AvgIpc) is 3.53. The van der Waals surface area contributed by atoms with Crippen LogP contribution in [0.25, 0.3) is 0 Å². The second-order valence-corrected chi connectivity index (χ2v) is 9.83. The Morgan fingerprint density at radius 3 is 2.68 bits per heavy atom. The molecular formula is C28H36N6O3. The Morgan fingerprint density at radius 1 is 1.05 bits per heavy atom. The first-order valence-corrected chi connectivity index (χ1v) is 12.8. The number of carbonyl (C=O) groups is 1. The zero-order chi connectivity index (χ0) is 25.9. The number of hydrazone groups is 1. The van der Waals surface area contributed by atoms with Crippen molar-refractivity contribution in [3.63, 3.8) is 0 Å². The Kier molecular flexibility index (Phi) is 7.23. The highest BCUT2D eigenvalue weighted by molar-refractivity contribution is 5.89. The third-order valence-corrected chi connectivity index (χ3v) is 7.51. The second-order valence-electron chi connectivity index (χ2n) is 9.83. The molecule has 2 aromatic rings. The number of benzene rings is 2. The van der Waals surface area contributed by atoms with Gasteiger partial charge in [0.2, 0.25) is 5.91 Å². The molecule has 3 N–H and O–H groups in total. The van der Waals surface area contributed by atoms with Crippen molar-refractivity contribution in [3.05, 3.63) is 71.1 Å². The quantitative estimate of drug-likeness (QED) is 0.484. The fourth-order valence-corrected chi connectivity index (χ4v) is 5.21. The number of nitrogens with zero attached hydrogens (tertiary/aromatic N) is 3. The number of fused-ring (bicyclic) bond motifs is 3. The van der Waals surface area contributed by atoms with Crippen molar-refractivity contribution in [2.75, 3.05) is 20.8 Å². The first kappa shape index (κ1) is 25.0. The second kappa shape index (κ2) is 10.7. The highest BCUT2D eigenvalue weighted by Gasteiger charge is 2.44. The van der Waals surface area contributed by atoms with Gasteiger partial charge in [0.05, 0.1) is 26.3 Å². The van der Waals surface area contributed by atoms with Gasteiger partial charge in [-0.1, -0.05) is 24.3 Å². The summed E-state index contributed by atoms with van der Waals surface area (Å²) in [5, 5.41) is 9.79. The molecule has 5 rings (SSSR count). The Hall–Kier alpha value is -3.72. The number of ether oxygens (including phenoxy) is 2. The van der Waals surface area contributed by atoms with Crippen LogP contribution in [0, 0.1) is 13.8 Å². The predicted octanol–water partition coefficient (Wildman–Crippen LogP) is 3.11. The molecule has 0 aromatic heterocycles. The van der Waals surface area contributed by atoms with E-state index in [-0.39, 0.29) is 24.2 Å². The minimum atomic E-state index is 0.0200. The van der Waals surface area contributed by atoms with Gasteiger partial charge in [-0.05, 0) is 61.1 Å².